The molecule has 0 aromatic heterocycles. The van der Waals surface area contributed by atoms with E-state index in [9.17, 15) is 0 Å². The summed E-state index contributed by atoms with van der Waals surface area (Å²) in [5.41, 5.74) is 7.13. The van der Waals surface area contributed by atoms with Gasteiger partial charge in [0.2, 0.25) is 0 Å². The van der Waals surface area contributed by atoms with Crippen molar-refractivity contribution in [2.75, 3.05) is 6.54 Å². The summed E-state index contributed by atoms with van der Waals surface area (Å²) in [6, 6.07) is 10.7. The Kier molecular flexibility index (Phi) is 2.13. The van der Waals surface area contributed by atoms with Crippen molar-refractivity contribution in [1.29, 1.82) is 0 Å². The molecule has 0 heterocycles. The lowest BCUT2D eigenvalue weighted by Crippen LogP contribution is -2.30. The molecule has 0 amide bonds. The molecule has 1 aromatic rings. The molecule has 1 aromatic carbocycles. The summed E-state index contributed by atoms with van der Waals surface area (Å²) in [7, 11) is 0. The zero-order valence-corrected chi connectivity index (χ0v) is 7.24. The molecule has 2 rings (SSSR count). The van der Waals surface area contributed by atoms with E-state index >= 15 is 0 Å². The number of hydrogen-bond donors (Lipinski definition) is 1. The summed E-state index contributed by atoms with van der Waals surface area (Å²) < 4.78 is 0. The predicted molar refractivity (Wildman–Crippen MR) is 51.0 cm³/mol. The van der Waals surface area contributed by atoms with Gasteiger partial charge in [-0.2, -0.15) is 0 Å². The SMILES string of the molecule is NC[C@@H]1CC[C@H]1c1ccccc1. The largest absolute Gasteiger partial charge is 0.330 e. The van der Waals surface area contributed by atoms with Crippen molar-refractivity contribution in [3.63, 3.8) is 0 Å². The fourth-order valence-electron chi connectivity index (χ4n) is 1.99. The van der Waals surface area contributed by atoms with Gasteiger partial charge in [0.15, 0.2) is 0 Å². The van der Waals surface area contributed by atoms with Gasteiger partial charge in [0.25, 0.3) is 0 Å². The van der Waals surface area contributed by atoms with Gasteiger partial charge in [-0.15, -0.1) is 0 Å². The minimum Gasteiger partial charge on any atom is -0.330 e. The van der Waals surface area contributed by atoms with Crippen molar-refractivity contribution in [3.05, 3.63) is 35.9 Å². The van der Waals surface area contributed by atoms with E-state index in [1.165, 1.54) is 18.4 Å². The maximum atomic E-state index is 5.66. The Balaban J connectivity index is 2.11. The van der Waals surface area contributed by atoms with Crippen LogP contribution >= 0.6 is 0 Å². The molecular formula is C11H15N. The highest BCUT2D eigenvalue weighted by Gasteiger charge is 2.30. The monoisotopic (exact) mass is 161 g/mol. The third kappa shape index (κ3) is 1.25. The standard InChI is InChI=1S/C11H15N/c12-8-10-6-7-11(10)9-4-2-1-3-5-9/h1-5,10-11H,6-8,12H2/t10-,11-/m0/s1. The van der Waals surface area contributed by atoms with Crippen molar-refractivity contribution >= 4 is 0 Å². The summed E-state index contributed by atoms with van der Waals surface area (Å²) in [5, 5.41) is 0. The molecule has 2 atom stereocenters. The molecule has 0 spiro atoms. The van der Waals surface area contributed by atoms with E-state index in [4.69, 9.17) is 5.73 Å². The minimum absolute atomic E-state index is 0.743. The maximum absolute atomic E-state index is 5.66. The Bertz CT molecular complexity index is 240. The average molecular weight is 161 g/mol. The van der Waals surface area contributed by atoms with Crippen LogP contribution < -0.4 is 5.73 Å². The van der Waals surface area contributed by atoms with Crippen LogP contribution in [0, 0.1) is 5.92 Å². The summed E-state index contributed by atoms with van der Waals surface area (Å²) >= 11 is 0. The highest BCUT2D eigenvalue weighted by atomic mass is 14.6. The summed E-state index contributed by atoms with van der Waals surface area (Å²) in [6.07, 6.45) is 2.64. The van der Waals surface area contributed by atoms with Crippen molar-refractivity contribution in [3.8, 4) is 0 Å². The number of hydrogen-bond acceptors (Lipinski definition) is 1. The highest BCUT2D eigenvalue weighted by Crippen LogP contribution is 2.41. The fraction of sp³-hybridized carbons (Fsp3) is 0.455. The molecule has 0 radical (unpaired) electrons. The van der Waals surface area contributed by atoms with Crippen LogP contribution in [0.1, 0.15) is 24.3 Å². The van der Waals surface area contributed by atoms with E-state index in [1.54, 1.807) is 0 Å². The topological polar surface area (TPSA) is 26.0 Å². The zero-order valence-electron chi connectivity index (χ0n) is 7.24. The molecule has 0 bridgehead atoms. The van der Waals surface area contributed by atoms with E-state index < -0.39 is 0 Å². The first-order chi connectivity index (χ1) is 5.92. The lowest BCUT2D eigenvalue weighted by atomic mass is 9.70. The van der Waals surface area contributed by atoms with Gasteiger partial charge in [-0.1, -0.05) is 30.3 Å². The van der Waals surface area contributed by atoms with Crippen LogP contribution in [0.3, 0.4) is 0 Å². The normalized spacial score (nSPS) is 28.1. The molecule has 1 nitrogen and oxygen atoms in total. The molecule has 12 heavy (non-hydrogen) atoms. The number of rotatable bonds is 2. The van der Waals surface area contributed by atoms with Gasteiger partial charge in [-0.05, 0) is 36.8 Å². The van der Waals surface area contributed by atoms with Crippen molar-refractivity contribution in [2.45, 2.75) is 18.8 Å². The van der Waals surface area contributed by atoms with Gasteiger partial charge < -0.3 is 5.73 Å². The van der Waals surface area contributed by atoms with E-state index in [0.29, 0.717) is 0 Å². The Morgan fingerprint density at radius 2 is 1.92 bits per heavy atom. The molecule has 0 unspecified atom stereocenters. The van der Waals surface area contributed by atoms with Crippen molar-refractivity contribution in [1.82, 2.24) is 0 Å². The molecule has 64 valence electrons. The van der Waals surface area contributed by atoms with Gasteiger partial charge in [0, 0.05) is 0 Å². The van der Waals surface area contributed by atoms with Crippen LogP contribution in [-0.2, 0) is 0 Å². The molecule has 1 heteroatoms. The van der Waals surface area contributed by atoms with E-state index in [1.807, 2.05) is 0 Å². The summed E-state index contributed by atoms with van der Waals surface area (Å²) in [6.45, 7) is 0.847. The summed E-state index contributed by atoms with van der Waals surface area (Å²) in [4.78, 5) is 0. The zero-order chi connectivity index (χ0) is 8.39. The van der Waals surface area contributed by atoms with Crippen molar-refractivity contribution in [2.24, 2.45) is 11.7 Å². The minimum atomic E-state index is 0.743. The first kappa shape index (κ1) is 7.81. The second kappa shape index (κ2) is 3.28. The maximum Gasteiger partial charge on any atom is -0.00430 e. The molecule has 2 N–H and O–H groups in total. The van der Waals surface area contributed by atoms with Gasteiger partial charge in [0.1, 0.15) is 0 Å². The second-order valence-electron chi connectivity index (χ2n) is 3.59. The molecule has 1 saturated carbocycles. The third-order valence-electron chi connectivity index (χ3n) is 2.95. The first-order valence-corrected chi connectivity index (χ1v) is 4.67. The van der Waals surface area contributed by atoms with Gasteiger partial charge in [-0.3, -0.25) is 0 Å². The van der Waals surface area contributed by atoms with Crippen LogP contribution in [0.4, 0.5) is 0 Å². The Hall–Kier alpha value is -0.820. The lowest BCUT2D eigenvalue weighted by molar-refractivity contribution is 0.263. The quantitative estimate of drug-likeness (QED) is 0.706. The van der Waals surface area contributed by atoms with Crippen LogP contribution in [0.2, 0.25) is 0 Å². The predicted octanol–water partition coefficient (Wildman–Crippen LogP) is 2.14. The number of benzene rings is 1. The Morgan fingerprint density at radius 1 is 1.17 bits per heavy atom. The van der Waals surface area contributed by atoms with Gasteiger partial charge in [-0.25, -0.2) is 0 Å². The van der Waals surface area contributed by atoms with E-state index in [0.717, 1.165) is 18.4 Å². The van der Waals surface area contributed by atoms with Gasteiger partial charge in [0.05, 0.1) is 0 Å². The first-order valence-electron chi connectivity index (χ1n) is 4.67. The molecular weight excluding hydrogens is 146 g/mol. The fourth-order valence-corrected chi connectivity index (χ4v) is 1.99. The molecule has 1 aliphatic rings. The van der Waals surface area contributed by atoms with Crippen LogP contribution in [0.25, 0.3) is 0 Å². The number of nitrogens with two attached hydrogens (primary N) is 1. The third-order valence-corrected chi connectivity index (χ3v) is 2.95. The lowest BCUT2D eigenvalue weighted by Gasteiger charge is -2.36. The molecule has 1 fully saturated rings. The Morgan fingerprint density at radius 3 is 2.42 bits per heavy atom. The smallest absolute Gasteiger partial charge is 0.00430 e. The second-order valence-corrected chi connectivity index (χ2v) is 3.59. The molecule has 0 saturated heterocycles. The Labute approximate surface area is 73.6 Å². The average Bonchev–Trinajstić information content (AvgIpc) is 2.05. The van der Waals surface area contributed by atoms with Crippen LogP contribution in [0.15, 0.2) is 30.3 Å². The summed E-state index contributed by atoms with van der Waals surface area (Å²) in [5.74, 6) is 1.49. The van der Waals surface area contributed by atoms with Crippen LogP contribution in [0.5, 0.6) is 0 Å². The van der Waals surface area contributed by atoms with E-state index in [-0.39, 0.29) is 0 Å². The van der Waals surface area contributed by atoms with Gasteiger partial charge >= 0.3 is 0 Å². The highest BCUT2D eigenvalue weighted by molar-refractivity contribution is 5.22. The molecule has 1 aliphatic carbocycles. The van der Waals surface area contributed by atoms with Crippen molar-refractivity contribution < 1.29 is 0 Å². The van der Waals surface area contributed by atoms with Crippen LogP contribution in [-0.4, -0.2) is 6.54 Å². The molecule has 0 aliphatic heterocycles. The van der Waals surface area contributed by atoms with E-state index in [2.05, 4.69) is 30.3 Å².